The molecule has 9 nitrogen and oxygen atoms in total. The SMILES string of the molecule is COCC(NC(=S)/N=C1\SCC(=O)N1c1cc(OC)ccc1C(C)C)c1ccc(-c2ncn(-c3ccc(C(F)(F)F)cc3)n2)cc1. The lowest BCUT2D eigenvalue weighted by atomic mass is 10.00. The molecule has 0 aliphatic carbocycles. The lowest BCUT2D eigenvalue weighted by Gasteiger charge is -2.23. The first-order chi connectivity index (χ1) is 22.0. The standard InChI is InChI=1S/C32H31F3N6O3S2/c1-19(2)25-14-13-24(44-4)15-27(25)41-28(42)17-46-31(41)38-30(45)37-26(16-43-3)20-5-7-21(8-6-20)29-36-18-40(39-29)23-11-9-22(10-12-23)32(33,34)35/h5-15,18-19,26H,16-17H2,1-4H3,(H,37,45)/b38-31-. The van der Waals surface area contributed by atoms with E-state index in [0.717, 1.165) is 23.3 Å². The molecule has 1 fully saturated rings. The molecule has 1 aliphatic heterocycles. The molecule has 1 aliphatic rings. The lowest BCUT2D eigenvalue weighted by molar-refractivity contribution is -0.137. The maximum atomic E-state index is 13.0. The van der Waals surface area contributed by atoms with Crippen molar-refractivity contribution >= 4 is 45.9 Å². The number of alkyl halides is 3. The van der Waals surface area contributed by atoms with Gasteiger partial charge in [-0.1, -0.05) is 55.9 Å². The highest BCUT2D eigenvalue weighted by Gasteiger charge is 2.33. The van der Waals surface area contributed by atoms with Crippen LogP contribution < -0.4 is 15.0 Å². The molecule has 2 heterocycles. The van der Waals surface area contributed by atoms with Gasteiger partial charge in [0.05, 0.1) is 42.4 Å². The molecule has 0 saturated carbocycles. The summed E-state index contributed by atoms with van der Waals surface area (Å²) in [6.07, 6.45) is -2.97. The van der Waals surface area contributed by atoms with Gasteiger partial charge in [0.15, 0.2) is 16.1 Å². The second kappa shape index (κ2) is 14.0. The van der Waals surface area contributed by atoms with E-state index >= 15 is 0 Å². The van der Waals surface area contributed by atoms with Crippen molar-refractivity contribution in [3.8, 4) is 22.8 Å². The molecule has 4 aromatic rings. The van der Waals surface area contributed by atoms with Gasteiger partial charge in [-0.3, -0.25) is 9.69 Å². The molecule has 1 saturated heterocycles. The molecule has 240 valence electrons. The molecule has 0 spiro atoms. The normalized spacial score (nSPS) is 15.1. The number of anilines is 1. The molecule has 5 rings (SSSR count). The molecule has 3 aromatic carbocycles. The van der Waals surface area contributed by atoms with Crippen LogP contribution in [0.25, 0.3) is 17.1 Å². The van der Waals surface area contributed by atoms with Gasteiger partial charge in [-0.15, -0.1) is 5.10 Å². The van der Waals surface area contributed by atoms with Crippen LogP contribution in [0.2, 0.25) is 0 Å². The van der Waals surface area contributed by atoms with Crippen molar-refractivity contribution in [2.45, 2.75) is 32.0 Å². The smallest absolute Gasteiger partial charge is 0.416 e. The van der Waals surface area contributed by atoms with Gasteiger partial charge in [-0.2, -0.15) is 18.2 Å². The number of thioether (sulfide) groups is 1. The van der Waals surface area contributed by atoms with Gasteiger partial charge >= 0.3 is 6.18 Å². The lowest BCUT2D eigenvalue weighted by Crippen LogP contribution is -2.34. The Bertz CT molecular complexity index is 1740. The Morgan fingerprint density at radius 2 is 1.80 bits per heavy atom. The molecule has 1 aromatic heterocycles. The summed E-state index contributed by atoms with van der Waals surface area (Å²) in [5, 5.41) is 8.33. The van der Waals surface area contributed by atoms with E-state index < -0.39 is 11.7 Å². The van der Waals surface area contributed by atoms with Gasteiger partial charge < -0.3 is 14.8 Å². The minimum absolute atomic E-state index is 0.0971. The number of nitrogens with zero attached hydrogens (tertiary/aromatic N) is 5. The predicted octanol–water partition coefficient (Wildman–Crippen LogP) is 6.78. The van der Waals surface area contributed by atoms with Gasteiger partial charge in [0.2, 0.25) is 5.91 Å². The molecule has 1 N–H and O–H groups in total. The fraction of sp³-hybridized carbons (Fsp3) is 0.281. The summed E-state index contributed by atoms with van der Waals surface area (Å²) in [7, 11) is 3.16. The molecule has 46 heavy (non-hydrogen) atoms. The zero-order chi connectivity index (χ0) is 33.0. The Labute approximate surface area is 273 Å². The molecule has 1 amide bonds. The highest BCUT2D eigenvalue weighted by atomic mass is 32.2. The van der Waals surface area contributed by atoms with Crippen molar-refractivity contribution in [2.75, 3.05) is 31.5 Å². The number of benzene rings is 3. The topological polar surface area (TPSA) is 93.9 Å². The van der Waals surface area contributed by atoms with Crippen molar-refractivity contribution in [1.29, 1.82) is 0 Å². The summed E-state index contributed by atoms with van der Waals surface area (Å²) in [5.41, 5.74) is 2.99. The summed E-state index contributed by atoms with van der Waals surface area (Å²) in [6.45, 7) is 4.40. The fourth-order valence-electron chi connectivity index (χ4n) is 4.86. The Morgan fingerprint density at radius 3 is 2.43 bits per heavy atom. The zero-order valence-electron chi connectivity index (χ0n) is 25.4. The number of hydrogen-bond acceptors (Lipinski definition) is 7. The van der Waals surface area contributed by atoms with Gasteiger partial charge in [-0.05, 0) is 59.6 Å². The number of amides is 1. The van der Waals surface area contributed by atoms with Crippen LogP contribution in [0.4, 0.5) is 18.9 Å². The van der Waals surface area contributed by atoms with E-state index in [1.54, 1.807) is 19.1 Å². The van der Waals surface area contributed by atoms with Crippen LogP contribution in [-0.2, 0) is 15.7 Å². The predicted molar refractivity (Wildman–Crippen MR) is 177 cm³/mol. The Kier molecular flexibility index (Phi) is 10.1. The minimum atomic E-state index is -4.41. The fourth-order valence-corrected chi connectivity index (χ4v) is 6.01. The third-order valence-electron chi connectivity index (χ3n) is 7.22. The number of thiocarbonyl (C=S) groups is 1. The Hall–Kier alpha value is -4.27. The van der Waals surface area contributed by atoms with Crippen molar-refractivity contribution < 1.29 is 27.4 Å². The van der Waals surface area contributed by atoms with Crippen LogP contribution in [0, 0.1) is 0 Å². The summed E-state index contributed by atoms with van der Waals surface area (Å²) in [6, 6.07) is 17.4. The third-order valence-corrected chi connectivity index (χ3v) is 8.35. The minimum Gasteiger partial charge on any atom is -0.497 e. The molecule has 1 unspecified atom stereocenters. The highest BCUT2D eigenvalue weighted by Crippen LogP contribution is 2.36. The first kappa shape index (κ1) is 33.1. The molecular formula is C32H31F3N6O3S2. The average Bonchev–Trinajstić information content (AvgIpc) is 3.67. The van der Waals surface area contributed by atoms with E-state index in [4.69, 9.17) is 21.7 Å². The quantitative estimate of drug-likeness (QED) is 0.195. The second-order valence-electron chi connectivity index (χ2n) is 10.6. The number of methoxy groups -OCH3 is 2. The summed E-state index contributed by atoms with van der Waals surface area (Å²) in [5.74, 6) is 1.34. The van der Waals surface area contributed by atoms with Gasteiger partial charge in [0.1, 0.15) is 12.1 Å². The van der Waals surface area contributed by atoms with Crippen LogP contribution in [0.15, 0.2) is 78.0 Å². The van der Waals surface area contributed by atoms with E-state index in [9.17, 15) is 18.0 Å². The van der Waals surface area contributed by atoms with Crippen molar-refractivity contribution in [1.82, 2.24) is 20.1 Å². The number of ether oxygens (including phenoxy) is 2. The molecule has 0 radical (unpaired) electrons. The summed E-state index contributed by atoms with van der Waals surface area (Å²) < 4.78 is 51.1. The van der Waals surface area contributed by atoms with Crippen LogP contribution in [0.3, 0.4) is 0 Å². The van der Waals surface area contributed by atoms with E-state index in [1.807, 2.05) is 42.5 Å². The van der Waals surface area contributed by atoms with Crippen LogP contribution in [0.5, 0.6) is 5.75 Å². The number of halogens is 3. The van der Waals surface area contributed by atoms with E-state index in [1.165, 1.54) is 34.9 Å². The molecular weight excluding hydrogens is 638 g/mol. The molecule has 0 bridgehead atoms. The van der Waals surface area contributed by atoms with E-state index in [2.05, 4.69) is 34.2 Å². The number of aliphatic imine (C=N–C) groups is 1. The number of nitrogens with one attached hydrogen (secondary N) is 1. The number of hydrogen-bond donors (Lipinski definition) is 1. The van der Waals surface area contributed by atoms with Gasteiger partial charge in [0, 0.05) is 18.7 Å². The number of carbonyl (C=O) groups is 1. The van der Waals surface area contributed by atoms with E-state index in [0.29, 0.717) is 33.7 Å². The van der Waals surface area contributed by atoms with Crippen LogP contribution in [0.1, 0.15) is 42.5 Å². The monoisotopic (exact) mass is 668 g/mol. The van der Waals surface area contributed by atoms with Crippen molar-refractivity contribution in [2.24, 2.45) is 4.99 Å². The largest absolute Gasteiger partial charge is 0.497 e. The van der Waals surface area contributed by atoms with Crippen molar-refractivity contribution in [3.63, 3.8) is 0 Å². The Balaban J connectivity index is 1.32. The molecule has 1 atom stereocenters. The number of amidine groups is 1. The van der Waals surface area contributed by atoms with Crippen LogP contribution in [-0.4, -0.2) is 57.5 Å². The number of rotatable bonds is 9. The molecule has 14 heteroatoms. The van der Waals surface area contributed by atoms with Crippen molar-refractivity contribution in [3.05, 3.63) is 89.7 Å². The highest BCUT2D eigenvalue weighted by molar-refractivity contribution is 8.15. The Morgan fingerprint density at radius 1 is 1.09 bits per heavy atom. The number of aromatic nitrogens is 3. The zero-order valence-corrected chi connectivity index (χ0v) is 27.0. The summed E-state index contributed by atoms with van der Waals surface area (Å²) >= 11 is 6.93. The first-order valence-electron chi connectivity index (χ1n) is 14.2. The van der Waals surface area contributed by atoms with Gasteiger partial charge in [-0.25, -0.2) is 9.67 Å². The van der Waals surface area contributed by atoms with Crippen LogP contribution >= 0.6 is 24.0 Å². The first-order valence-corrected chi connectivity index (χ1v) is 15.6. The average molecular weight is 669 g/mol. The van der Waals surface area contributed by atoms with Gasteiger partial charge in [0.25, 0.3) is 0 Å². The second-order valence-corrected chi connectivity index (χ2v) is 12.0. The number of carbonyl (C=O) groups excluding carboxylic acids is 1. The van der Waals surface area contributed by atoms with E-state index in [-0.39, 0.29) is 35.3 Å². The maximum absolute atomic E-state index is 13.0. The third kappa shape index (κ3) is 7.40. The maximum Gasteiger partial charge on any atom is 0.416 e. The summed E-state index contributed by atoms with van der Waals surface area (Å²) in [4.78, 5) is 23.6.